The molecular formula is C18H11ClF3N3O2S2. The van der Waals surface area contributed by atoms with E-state index in [0.29, 0.717) is 22.5 Å². The van der Waals surface area contributed by atoms with E-state index < -0.39 is 27.9 Å². The molecule has 0 bridgehead atoms. The summed E-state index contributed by atoms with van der Waals surface area (Å²) in [4.78, 5) is 34.2. The van der Waals surface area contributed by atoms with Gasteiger partial charge in [0.25, 0.3) is 11.1 Å². The summed E-state index contributed by atoms with van der Waals surface area (Å²) in [5.41, 5.74) is -1.53. The predicted octanol–water partition coefficient (Wildman–Crippen LogP) is 4.90. The molecular weight excluding hydrogens is 447 g/mol. The van der Waals surface area contributed by atoms with Crippen molar-refractivity contribution in [2.24, 2.45) is 0 Å². The summed E-state index contributed by atoms with van der Waals surface area (Å²) in [7, 11) is 0. The second kappa shape index (κ2) is 7.12. The van der Waals surface area contributed by atoms with Crippen molar-refractivity contribution in [1.82, 2.24) is 14.5 Å². The van der Waals surface area contributed by atoms with Crippen LogP contribution in [0.4, 0.5) is 13.2 Å². The van der Waals surface area contributed by atoms with Crippen molar-refractivity contribution < 1.29 is 13.2 Å². The summed E-state index contributed by atoms with van der Waals surface area (Å²) in [6.45, 7) is 1.61. The Kier molecular flexibility index (Phi) is 4.88. The highest BCUT2D eigenvalue weighted by Crippen LogP contribution is 2.35. The van der Waals surface area contributed by atoms with Crippen LogP contribution >= 0.6 is 34.3 Å². The van der Waals surface area contributed by atoms with Crippen LogP contribution in [0.2, 0.25) is 5.02 Å². The molecule has 4 rings (SSSR count). The fourth-order valence-corrected chi connectivity index (χ4v) is 5.01. The van der Waals surface area contributed by atoms with Gasteiger partial charge >= 0.3 is 6.18 Å². The van der Waals surface area contributed by atoms with E-state index in [4.69, 9.17) is 11.6 Å². The number of fused-ring (bicyclic) bond motifs is 1. The lowest BCUT2D eigenvalue weighted by Gasteiger charge is -2.11. The van der Waals surface area contributed by atoms with Crippen LogP contribution in [0.3, 0.4) is 0 Å². The van der Waals surface area contributed by atoms with E-state index in [9.17, 15) is 22.8 Å². The first kappa shape index (κ1) is 19.9. The normalized spacial score (nSPS) is 12.0. The number of H-pyrrole nitrogens is 1. The van der Waals surface area contributed by atoms with Gasteiger partial charge in [0.05, 0.1) is 17.5 Å². The second-order valence-electron chi connectivity index (χ2n) is 6.26. The Balaban J connectivity index is 1.78. The van der Waals surface area contributed by atoms with E-state index in [1.165, 1.54) is 11.3 Å². The molecule has 0 amide bonds. The topological polar surface area (TPSA) is 67.8 Å². The molecule has 4 heterocycles. The molecule has 0 atom stereocenters. The molecule has 4 aromatic rings. The number of hydrogen-bond acceptors (Lipinski definition) is 5. The Labute approximate surface area is 174 Å². The van der Waals surface area contributed by atoms with Crippen LogP contribution in [0.5, 0.6) is 0 Å². The number of alkyl halides is 3. The van der Waals surface area contributed by atoms with Crippen LogP contribution in [0.25, 0.3) is 20.7 Å². The van der Waals surface area contributed by atoms with Crippen LogP contribution in [-0.2, 0) is 12.7 Å². The minimum atomic E-state index is -4.66. The number of aryl methyl sites for hydroxylation is 1. The van der Waals surface area contributed by atoms with Gasteiger partial charge in [0.1, 0.15) is 15.7 Å². The highest BCUT2D eigenvalue weighted by atomic mass is 35.5. The molecule has 0 aromatic carbocycles. The zero-order valence-electron chi connectivity index (χ0n) is 14.6. The van der Waals surface area contributed by atoms with Crippen molar-refractivity contribution in [2.75, 3.05) is 0 Å². The summed E-state index contributed by atoms with van der Waals surface area (Å²) in [6.07, 6.45) is -4.00. The van der Waals surface area contributed by atoms with Crippen LogP contribution < -0.4 is 11.1 Å². The van der Waals surface area contributed by atoms with Gasteiger partial charge < -0.3 is 9.55 Å². The molecule has 0 radical (unpaired) electrons. The Morgan fingerprint density at radius 1 is 1.28 bits per heavy atom. The van der Waals surface area contributed by atoms with E-state index in [0.717, 1.165) is 19.9 Å². The Hall–Kier alpha value is -2.43. The average molecular weight is 458 g/mol. The first-order chi connectivity index (χ1) is 13.6. The predicted molar refractivity (Wildman–Crippen MR) is 108 cm³/mol. The van der Waals surface area contributed by atoms with E-state index >= 15 is 0 Å². The first-order valence-corrected chi connectivity index (χ1v) is 10.3. The van der Waals surface area contributed by atoms with Crippen molar-refractivity contribution in [1.29, 1.82) is 0 Å². The largest absolute Gasteiger partial charge is 0.417 e. The fourth-order valence-electron chi connectivity index (χ4n) is 2.86. The molecule has 11 heteroatoms. The third kappa shape index (κ3) is 3.75. The summed E-state index contributed by atoms with van der Waals surface area (Å²) in [6, 6.07) is 4.44. The number of nitrogens with one attached hydrogen (secondary N) is 1. The number of hydrogen-bond donors (Lipinski definition) is 1. The van der Waals surface area contributed by atoms with Crippen molar-refractivity contribution in [3.05, 3.63) is 71.8 Å². The van der Waals surface area contributed by atoms with Gasteiger partial charge in [-0.2, -0.15) is 13.2 Å². The quantitative estimate of drug-likeness (QED) is 0.475. The molecule has 0 saturated carbocycles. The molecule has 4 aromatic heterocycles. The first-order valence-electron chi connectivity index (χ1n) is 8.18. The number of aromatic amines is 1. The van der Waals surface area contributed by atoms with Crippen molar-refractivity contribution in [3.8, 4) is 10.4 Å². The molecule has 0 aliphatic carbocycles. The van der Waals surface area contributed by atoms with E-state index in [2.05, 4.69) is 9.97 Å². The Morgan fingerprint density at radius 2 is 2.03 bits per heavy atom. The summed E-state index contributed by atoms with van der Waals surface area (Å²) in [5, 5.41) is 1.67. The van der Waals surface area contributed by atoms with E-state index in [-0.39, 0.29) is 12.4 Å². The highest BCUT2D eigenvalue weighted by Gasteiger charge is 2.32. The van der Waals surface area contributed by atoms with Gasteiger partial charge in [0.15, 0.2) is 0 Å². The fraction of sp³-hybridized carbons (Fsp3) is 0.167. The van der Waals surface area contributed by atoms with Gasteiger partial charge in [-0.3, -0.25) is 9.59 Å². The molecule has 0 saturated heterocycles. The summed E-state index contributed by atoms with van der Waals surface area (Å²) < 4.78 is 39.8. The molecule has 5 nitrogen and oxygen atoms in total. The molecule has 1 N–H and O–H groups in total. The lowest BCUT2D eigenvalue weighted by atomic mass is 10.2. The van der Waals surface area contributed by atoms with E-state index in [1.807, 2.05) is 24.4 Å². The number of pyridine rings is 1. The maximum absolute atomic E-state index is 13.0. The molecule has 0 aliphatic heterocycles. The van der Waals surface area contributed by atoms with Crippen molar-refractivity contribution in [3.63, 3.8) is 0 Å². The lowest BCUT2D eigenvalue weighted by molar-refractivity contribution is -0.138. The Bertz CT molecular complexity index is 1350. The van der Waals surface area contributed by atoms with Crippen LogP contribution in [0.15, 0.2) is 39.4 Å². The van der Waals surface area contributed by atoms with Gasteiger partial charge in [-0.25, -0.2) is 4.98 Å². The van der Waals surface area contributed by atoms with Gasteiger partial charge in [0, 0.05) is 26.9 Å². The Morgan fingerprint density at radius 3 is 2.69 bits per heavy atom. The van der Waals surface area contributed by atoms with Crippen LogP contribution in [0, 0.1) is 6.92 Å². The van der Waals surface area contributed by atoms with E-state index in [1.54, 1.807) is 11.3 Å². The minimum absolute atomic E-state index is 0.0655. The number of nitrogens with zero attached hydrogens (tertiary/aromatic N) is 2. The zero-order chi connectivity index (χ0) is 20.9. The summed E-state index contributed by atoms with van der Waals surface area (Å²) in [5.74, 6) is 0.0655. The third-order valence-electron chi connectivity index (χ3n) is 4.19. The number of halogens is 4. The smallest absolute Gasteiger partial charge is 0.308 e. The number of thiophene rings is 2. The molecule has 29 heavy (non-hydrogen) atoms. The van der Waals surface area contributed by atoms with Gasteiger partial charge in [0.2, 0.25) is 0 Å². The van der Waals surface area contributed by atoms with Crippen LogP contribution in [-0.4, -0.2) is 14.5 Å². The monoisotopic (exact) mass is 457 g/mol. The van der Waals surface area contributed by atoms with Gasteiger partial charge in [-0.05, 0) is 25.1 Å². The zero-order valence-corrected chi connectivity index (χ0v) is 17.0. The highest BCUT2D eigenvalue weighted by molar-refractivity contribution is 7.19. The lowest BCUT2D eigenvalue weighted by Crippen LogP contribution is -2.25. The third-order valence-corrected chi connectivity index (χ3v) is 6.37. The van der Waals surface area contributed by atoms with Gasteiger partial charge in [-0.1, -0.05) is 11.6 Å². The maximum Gasteiger partial charge on any atom is 0.417 e. The van der Waals surface area contributed by atoms with Crippen LogP contribution in [0.1, 0.15) is 16.3 Å². The average Bonchev–Trinajstić information content (AvgIpc) is 3.24. The maximum atomic E-state index is 13.0. The SMILES string of the molecule is Cc1ccc(-c2csc3nc(Cn4cc(C(F)(F)F)cc(Cl)c4=O)[nH]c(=O)c23)s1. The summed E-state index contributed by atoms with van der Waals surface area (Å²) >= 11 is 8.46. The van der Waals surface area contributed by atoms with Crippen molar-refractivity contribution in [2.45, 2.75) is 19.6 Å². The second-order valence-corrected chi connectivity index (χ2v) is 8.81. The molecule has 0 fully saturated rings. The minimum Gasteiger partial charge on any atom is -0.308 e. The van der Waals surface area contributed by atoms with Crippen molar-refractivity contribution >= 4 is 44.5 Å². The molecule has 0 aliphatic rings. The molecule has 0 spiro atoms. The standard InChI is InChI=1S/C18H11ClF3N3O2S2/c1-8-2-3-12(29-8)10-7-28-16-14(10)15(26)23-13(24-16)6-25-5-9(18(20,21)22)4-11(19)17(25)27/h2-5,7H,6H2,1H3,(H,23,24,26). The molecule has 150 valence electrons. The number of rotatable bonds is 3. The van der Waals surface area contributed by atoms with Gasteiger partial charge in [-0.15, -0.1) is 22.7 Å². The molecule has 0 unspecified atom stereocenters. The number of aromatic nitrogens is 3.